The highest BCUT2D eigenvalue weighted by Gasteiger charge is 2.35. The van der Waals surface area contributed by atoms with Gasteiger partial charge in [0.15, 0.2) is 0 Å². The lowest BCUT2D eigenvalue weighted by Crippen LogP contribution is -2.54. The molecular weight excluding hydrogens is 208 g/mol. The van der Waals surface area contributed by atoms with Gasteiger partial charge < -0.3 is 5.32 Å². The van der Waals surface area contributed by atoms with Crippen LogP contribution in [0.15, 0.2) is 0 Å². The van der Waals surface area contributed by atoms with Gasteiger partial charge in [0, 0.05) is 31.2 Å². The summed E-state index contributed by atoms with van der Waals surface area (Å²) in [6.45, 7) is 5.06. The van der Waals surface area contributed by atoms with Crippen LogP contribution in [0.25, 0.3) is 0 Å². The van der Waals surface area contributed by atoms with Crippen LogP contribution in [0.1, 0.15) is 58.3 Å². The Morgan fingerprint density at radius 2 is 1.88 bits per heavy atom. The van der Waals surface area contributed by atoms with Gasteiger partial charge in [-0.3, -0.25) is 4.90 Å². The highest BCUT2D eigenvalue weighted by molar-refractivity contribution is 4.93. The molecule has 3 aliphatic rings. The van der Waals surface area contributed by atoms with Crippen molar-refractivity contribution in [2.24, 2.45) is 5.92 Å². The quantitative estimate of drug-likeness (QED) is 0.789. The largest absolute Gasteiger partial charge is 0.310 e. The molecule has 0 aromatic heterocycles. The highest BCUT2D eigenvalue weighted by Crippen LogP contribution is 2.31. The topological polar surface area (TPSA) is 15.3 Å². The summed E-state index contributed by atoms with van der Waals surface area (Å²) in [6, 6.07) is 2.62. The zero-order valence-corrected chi connectivity index (χ0v) is 11.3. The third-order valence-electron chi connectivity index (χ3n) is 4.90. The van der Waals surface area contributed by atoms with Gasteiger partial charge in [-0.25, -0.2) is 0 Å². The zero-order valence-electron chi connectivity index (χ0n) is 11.3. The molecule has 1 aliphatic heterocycles. The number of rotatable bonds is 5. The maximum Gasteiger partial charge on any atom is 0.0200 e. The molecule has 0 spiro atoms. The molecule has 98 valence electrons. The molecule has 1 N–H and O–H groups in total. The Hall–Kier alpha value is -0.0800. The summed E-state index contributed by atoms with van der Waals surface area (Å²) in [4.78, 5) is 2.81. The fourth-order valence-corrected chi connectivity index (χ4v) is 3.61. The van der Waals surface area contributed by atoms with Crippen LogP contribution in [0.5, 0.6) is 0 Å². The second kappa shape index (κ2) is 5.27. The summed E-state index contributed by atoms with van der Waals surface area (Å²) in [7, 11) is 0. The first-order valence-corrected chi connectivity index (χ1v) is 7.85. The van der Waals surface area contributed by atoms with Crippen molar-refractivity contribution < 1.29 is 0 Å². The smallest absolute Gasteiger partial charge is 0.0200 e. The van der Waals surface area contributed by atoms with Crippen LogP contribution in [0.4, 0.5) is 0 Å². The average molecular weight is 236 g/mol. The standard InChI is InChI=1S/C15H28N2/c1-2-4-12-9-14(16-13-7-8-13)11-17(10-12)15-5-3-6-15/h12-16H,2-11H2,1H3. The molecule has 2 nitrogen and oxygen atoms in total. The lowest BCUT2D eigenvalue weighted by atomic mass is 9.85. The lowest BCUT2D eigenvalue weighted by molar-refractivity contribution is 0.0556. The maximum atomic E-state index is 3.87. The monoisotopic (exact) mass is 236 g/mol. The molecule has 0 bridgehead atoms. The minimum atomic E-state index is 0.799. The van der Waals surface area contributed by atoms with Gasteiger partial charge in [-0.1, -0.05) is 19.8 Å². The molecule has 2 atom stereocenters. The molecule has 1 saturated heterocycles. The second-order valence-corrected chi connectivity index (χ2v) is 6.57. The first-order chi connectivity index (χ1) is 8.35. The van der Waals surface area contributed by atoms with Crippen LogP contribution in [-0.4, -0.2) is 36.1 Å². The number of nitrogens with zero attached hydrogens (tertiary/aromatic N) is 1. The zero-order chi connectivity index (χ0) is 11.7. The molecular formula is C15H28N2. The van der Waals surface area contributed by atoms with Gasteiger partial charge in [0.2, 0.25) is 0 Å². The van der Waals surface area contributed by atoms with E-state index in [1.807, 2.05) is 0 Å². The lowest BCUT2D eigenvalue weighted by Gasteiger charge is -2.45. The van der Waals surface area contributed by atoms with E-state index in [1.165, 1.54) is 64.5 Å². The van der Waals surface area contributed by atoms with Gasteiger partial charge in [0.1, 0.15) is 0 Å². The molecule has 0 aromatic carbocycles. The number of likely N-dealkylation sites (tertiary alicyclic amines) is 1. The number of piperidine rings is 1. The Bertz CT molecular complexity index is 245. The Labute approximate surface area is 106 Å². The predicted molar refractivity (Wildman–Crippen MR) is 72.2 cm³/mol. The van der Waals surface area contributed by atoms with Crippen LogP contribution in [-0.2, 0) is 0 Å². The summed E-state index contributed by atoms with van der Waals surface area (Å²) in [5, 5.41) is 3.87. The normalized spacial score (nSPS) is 35.8. The molecule has 3 fully saturated rings. The molecule has 0 aromatic rings. The minimum absolute atomic E-state index is 0.799. The minimum Gasteiger partial charge on any atom is -0.310 e. The van der Waals surface area contributed by atoms with Crippen molar-refractivity contribution in [2.75, 3.05) is 13.1 Å². The summed E-state index contributed by atoms with van der Waals surface area (Å²) in [5.41, 5.74) is 0. The maximum absolute atomic E-state index is 3.87. The van der Waals surface area contributed by atoms with Crippen molar-refractivity contribution in [3.05, 3.63) is 0 Å². The Morgan fingerprint density at radius 1 is 1.06 bits per heavy atom. The van der Waals surface area contributed by atoms with Gasteiger partial charge in [-0.05, 0) is 44.4 Å². The molecule has 0 radical (unpaired) electrons. The highest BCUT2D eigenvalue weighted by atomic mass is 15.2. The van der Waals surface area contributed by atoms with Gasteiger partial charge in [0.25, 0.3) is 0 Å². The SMILES string of the molecule is CCCC1CC(NC2CC2)CN(C2CCC2)C1. The van der Waals surface area contributed by atoms with E-state index in [1.54, 1.807) is 0 Å². The Balaban J connectivity index is 1.55. The van der Waals surface area contributed by atoms with E-state index in [9.17, 15) is 0 Å². The molecule has 17 heavy (non-hydrogen) atoms. The van der Waals surface area contributed by atoms with Crippen LogP contribution in [0.3, 0.4) is 0 Å². The third kappa shape index (κ3) is 3.03. The third-order valence-corrected chi connectivity index (χ3v) is 4.90. The summed E-state index contributed by atoms with van der Waals surface area (Å²) < 4.78 is 0. The first kappa shape index (κ1) is 12.0. The van der Waals surface area contributed by atoms with Crippen LogP contribution in [0, 0.1) is 5.92 Å². The van der Waals surface area contributed by atoms with E-state index in [4.69, 9.17) is 0 Å². The van der Waals surface area contributed by atoms with Crippen LogP contribution in [0.2, 0.25) is 0 Å². The molecule has 1 heterocycles. The predicted octanol–water partition coefficient (Wildman–Crippen LogP) is 2.78. The van der Waals surface area contributed by atoms with E-state index in [0.29, 0.717) is 0 Å². The van der Waals surface area contributed by atoms with Gasteiger partial charge in [-0.15, -0.1) is 0 Å². The molecule has 2 unspecified atom stereocenters. The van der Waals surface area contributed by atoms with E-state index in [0.717, 1.165) is 24.0 Å². The number of hydrogen-bond acceptors (Lipinski definition) is 2. The number of hydrogen-bond donors (Lipinski definition) is 1. The van der Waals surface area contributed by atoms with Crippen LogP contribution < -0.4 is 5.32 Å². The van der Waals surface area contributed by atoms with Crippen molar-refractivity contribution in [3.8, 4) is 0 Å². The fraction of sp³-hybridized carbons (Fsp3) is 1.00. The first-order valence-electron chi connectivity index (χ1n) is 7.85. The van der Waals surface area contributed by atoms with Gasteiger partial charge in [-0.2, -0.15) is 0 Å². The van der Waals surface area contributed by atoms with E-state index in [-0.39, 0.29) is 0 Å². The summed E-state index contributed by atoms with van der Waals surface area (Å²) in [5.74, 6) is 0.964. The molecule has 3 rings (SSSR count). The van der Waals surface area contributed by atoms with Crippen molar-refractivity contribution in [1.29, 1.82) is 0 Å². The second-order valence-electron chi connectivity index (χ2n) is 6.57. The van der Waals surface area contributed by atoms with Crippen molar-refractivity contribution in [3.63, 3.8) is 0 Å². The molecule has 0 amide bonds. The van der Waals surface area contributed by atoms with E-state index in [2.05, 4.69) is 17.1 Å². The van der Waals surface area contributed by atoms with Gasteiger partial charge >= 0.3 is 0 Å². The fourth-order valence-electron chi connectivity index (χ4n) is 3.61. The summed E-state index contributed by atoms with van der Waals surface area (Å²) in [6.07, 6.45) is 11.5. The van der Waals surface area contributed by atoms with Crippen LogP contribution >= 0.6 is 0 Å². The van der Waals surface area contributed by atoms with Gasteiger partial charge in [0.05, 0.1) is 0 Å². The average Bonchev–Trinajstić information content (AvgIpc) is 2.99. The van der Waals surface area contributed by atoms with E-state index < -0.39 is 0 Å². The van der Waals surface area contributed by atoms with Crippen molar-refractivity contribution in [1.82, 2.24) is 10.2 Å². The Kier molecular flexibility index (Phi) is 3.72. The number of nitrogens with one attached hydrogen (secondary N) is 1. The molecule has 2 heteroatoms. The summed E-state index contributed by atoms with van der Waals surface area (Å²) >= 11 is 0. The van der Waals surface area contributed by atoms with Crippen molar-refractivity contribution >= 4 is 0 Å². The molecule has 2 aliphatic carbocycles. The van der Waals surface area contributed by atoms with Crippen molar-refractivity contribution in [2.45, 2.75) is 76.4 Å². The Morgan fingerprint density at radius 3 is 2.47 bits per heavy atom. The van der Waals surface area contributed by atoms with E-state index >= 15 is 0 Å². The molecule has 2 saturated carbocycles.